The molecule has 3 heterocycles. The molecule has 0 atom stereocenters. The highest BCUT2D eigenvalue weighted by Crippen LogP contribution is 2.28. The van der Waals surface area contributed by atoms with Crippen molar-refractivity contribution in [3.8, 4) is 0 Å². The van der Waals surface area contributed by atoms with E-state index >= 15 is 0 Å². The molecule has 130 valence electrons. The zero-order valence-electron chi connectivity index (χ0n) is 13.7. The minimum absolute atomic E-state index is 0.0270. The molecule has 1 aliphatic rings. The molecule has 0 aliphatic carbocycles. The van der Waals surface area contributed by atoms with Gasteiger partial charge in [-0.05, 0) is 19.8 Å². The van der Waals surface area contributed by atoms with Crippen molar-refractivity contribution in [1.82, 2.24) is 14.8 Å². The van der Waals surface area contributed by atoms with E-state index in [1.165, 1.54) is 6.20 Å². The molecule has 0 aromatic carbocycles. The number of pyridine rings is 1. The smallest absolute Gasteiger partial charge is 0.341 e. The molecule has 1 fully saturated rings. The summed E-state index contributed by atoms with van der Waals surface area (Å²) in [7, 11) is 0. The highest BCUT2D eigenvalue weighted by Gasteiger charge is 2.22. The van der Waals surface area contributed by atoms with Crippen molar-refractivity contribution in [2.75, 3.05) is 31.7 Å². The average molecular weight is 334 g/mol. The van der Waals surface area contributed by atoms with Gasteiger partial charge in [0.1, 0.15) is 5.56 Å². The topological polar surface area (TPSA) is 98.5 Å². The molecule has 1 aliphatic heterocycles. The van der Waals surface area contributed by atoms with E-state index in [9.17, 15) is 4.79 Å². The van der Waals surface area contributed by atoms with Gasteiger partial charge in [-0.15, -0.1) is 0 Å². The highest BCUT2D eigenvalue weighted by molar-refractivity contribution is 6.04. The van der Waals surface area contributed by atoms with Gasteiger partial charge < -0.3 is 19.9 Å². The van der Waals surface area contributed by atoms with Gasteiger partial charge in [-0.25, -0.2) is 14.5 Å². The zero-order valence-corrected chi connectivity index (χ0v) is 13.7. The van der Waals surface area contributed by atoms with E-state index in [1.807, 2.05) is 0 Å². The second kappa shape index (κ2) is 7.59. The van der Waals surface area contributed by atoms with Crippen molar-refractivity contribution in [2.24, 2.45) is 0 Å². The summed E-state index contributed by atoms with van der Waals surface area (Å²) < 4.78 is 12.2. The number of nitrogens with one attached hydrogen (secondary N) is 1. The molecule has 1 saturated heterocycles. The van der Waals surface area contributed by atoms with Gasteiger partial charge in [0.2, 0.25) is 0 Å². The van der Waals surface area contributed by atoms with Crippen molar-refractivity contribution in [3.05, 3.63) is 18.0 Å². The number of hydrogen-bond donors (Lipinski definition) is 2. The largest absolute Gasteiger partial charge is 0.462 e. The van der Waals surface area contributed by atoms with Crippen LogP contribution in [0.15, 0.2) is 12.4 Å². The van der Waals surface area contributed by atoms with Crippen LogP contribution in [-0.2, 0) is 16.0 Å². The summed E-state index contributed by atoms with van der Waals surface area (Å²) in [6.45, 7) is 3.80. The Morgan fingerprint density at radius 1 is 1.46 bits per heavy atom. The Balaban J connectivity index is 2.01. The molecule has 0 unspecified atom stereocenters. The lowest BCUT2D eigenvalue weighted by atomic mass is 10.1. The van der Waals surface area contributed by atoms with Gasteiger partial charge in [0.15, 0.2) is 5.65 Å². The van der Waals surface area contributed by atoms with Crippen LogP contribution >= 0.6 is 0 Å². The molecule has 0 saturated carbocycles. The maximum atomic E-state index is 12.3. The molecular formula is C16H22N4O4. The minimum Gasteiger partial charge on any atom is -0.462 e. The van der Waals surface area contributed by atoms with Gasteiger partial charge in [-0.1, -0.05) is 0 Å². The maximum absolute atomic E-state index is 12.3. The van der Waals surface area contributed by atoms with Crippen LogP contribution < -0.4 is 5.32 Å². The summed E-state index contributed by atoms with van der Waals surface area (Å²) in [5, 5.41) is 17.6. The summed E-state index contributed by atoms with van der Waals surface area (Å²) in [6, 6.07) is 0.221. The molecule has 8 nitrogen and oxygen atoms in total. The first-order valence-corrected chi connectivity index (χ1v) is 8.21. The fourth-order valence-electron chi connectivity index (χ4n) is 2.85. The number of aliphatic hydroxyl groups is 1. The lowest BCUT2D eigenvalue weighted by Gasteiger charge is -2.25. The predicted molar refractivity (Wildman–Crippen MR) is 88.0 cm³/mol. The van der Waals surface area contributed by atoms with Gasteiger partial charge in [0.05, 0.1) is 37.0 Å². The molecule has 24 heavy (non-hydrogen) atoms. The van der Waals surface area contributed by atoms with Crippen molar-refractivity contribution < 1.29 is 19.4 Å². The van der Waals surface area contributed by atoms with E-state index in [0.717, 1.165) is 18.2 Å². The first kappa shape index (κ1) is 16.7. The van der Waals surface area contributed by atoms with Gasteiger partial charge in [-0.2, -0.15) is 5.10 Å². The van der Waals surface area contributed by atoms with Crippen LogP contribution in [0, 0.1) is 0 Å². The number of fused-ring (bicyclic) bond motifs is 1. The number of anilines is 1. The van der Waals surface area contributed by atoms with Crippen molar-refractivity contribution in [2.45, 2.75) is 32.4 Å². The Hall–Kier alpha value is -2.19. The van der Waals surface area contributed by atoms with Gasteiger partial charge in [0.25, 0.3) is 0 Å². The molecule has 0 amide bonds. The van der Waals surface area contributed by atoms with E-state index in [1.54, 1.807) is 17.8 Å². The second-order valence-corrected chi connectivity index (χ2v) is 5.63. The fourth-order valence-corrected chi connectivity index (χ4v) is 2.85. The number of carbonyl (C=O) groups is 1. The minimum atomic E-state index is -0.406. The Labute approximate surface area is 139 Å². The molecule has 2 N–H and O–H groups in total. The van der Waals surface area contributed by atoms with E-state index in [4.69, 9.17) is 14.6 Å². The molecule has 0 spiro atoms. The van der Waals surface area contributed by atoms with Crippen LogP contribution in [0.25, 0.3) is 11.0 Å². The Bertz CT molecular complexity index is 709. The first-order valence-electron chi connectivity index (χ1n) is 8.21. The molecule has 0 radical (unpaired) electrons. The van der Waals surface area contributed by atoms with E-state index < -0.39 is 5.97 Å². The first-order chi connectivity index (χ1) is 11.7. The number of nitrogens with zero attached hydrogens (tertiary/aromatic N) is 3. The van der Waals surface area contributed by atoms with Crippen molar-refractivity contribution in [1.29, 1.82) is 0 Å². The molecule has 2 aromatic rings. The van der Waals surface area contributed by atoms with E-state index in [-0.39, 0.29) is 12.6 Å². The van der Waals surface area contributed by atoms with Crippen LogP contribution in [0.4, 0.5) is 5.69 Å². The van der Waals surface area contributed by atoms with Crippen LogP contribution in [0.2, 0.25) is 0 Å². The van der Waals surface area contributed by atoms with Crippen molar-refractivity contribution >= 4 is 22.7 Å². The van der Waals surface area contributed by atoms with Crippen molar-refractivity contribution in [3.63, 3.8) is 0 Å². The van der Waals surface area contributed by atoms with Gasteiger partial charge in [-0.3, -0.25) is 0 Å². The lowest BCUT2D eigenvalue weighted by Crippen LogP contribution is -2.29. The fraction of sp³-hybridized carbons (Fsp3) is 0.562. The summed E-state index contributed by atoms with van der Waals surface area (Å²) in [4.78, 5) is 16.6. The van der Waals surface area contributed by atoms with E-state index in [2.05, 4.69) is 15.4 Å². The lowest BCUT2D eigenvalue weighted by molar-refractivity contribution is 0.0527. The number of hydrogen-bond acceptors (Lipinski definition) is 7. The summed E-state index contributed by atoms with van der Waals surface area (Å²) in [5.41, 5.74) is 1.72. The van der Waals surface area contributed by atoms with Crippen LogP contribution in [0.3, 0.4) is 0 Å². The molecule has 3 rings (SSSR count). The SMILES string of the molecule is CCOC(=O)c1cnc2c(cnn2CCO)c1NC1CCOCC1. The summed E-state index contributed by atoms with van der Waals surface area (Å²) in [6.07, 6.45) is 4.92. The van der Waals surface area contributed by atoms with Crippen LogP contribution in [-0.4, -0.2) is 58.3 Å². The zero-order chi connectivity index (χ0) is 16.9. The van der Waals surface area contributed by atoms with E-state index in [0.29, 0.717) is 43.3 Å². The predicted octanol–water partition coefficient (Wildman–Crippen LogP) is 1.19. The Morgan fingerprint density at radius 3 is 2.96 bits per heavy atom. The third-order valence-electron chi connectivity index (χ3n) is 4.04. The van der Waals surface area contributed by atoms with Crippen LogP contribution in [0.1, 0.15) is 30.1 Å². The Kier molecular flexibility index (Phi) is 5.27. The highest BCUT2D eigenvalue weighted by atomic mass is 16.5. The molecular weight excluding hydrogens is 312 g/mol. The number of carbonyl (C=O) groups excluding carboxylic acids is 1. The third kappa shape index (κ3) is 3.34. The quantitative estimate of drug-likeness (QED) is 0.766. The molecule has 8 heteroatoms. The number of rotatable bonds is 6. The van der Waals surface area contributed by atoms with Gasteiger partial charge in [0, 0.05) is 25.5 Å². The molecule has 0 bridgehead atoms. The third-order valence-corrected chi connectivity index (χ3v) is 4.04. The number of aliphatic hydroxyl groups excluding tert-OH is 1. The number of aromatic nitrogens is 3. The molecule has 2 aromatic heterocycles. The maximum Gasteiger partial charge on any atom is 0.341 e. The number of ether oxygens (including phenoxy) is 2. The summed E-state index contributed by atoms with van der Waals surface area (Å²) in [5.74, 6) is -0.406. The number of esters is 1. The monoisotopic (exact) mass is 334 g/mol. The summed E-state index contributed by atoms with van der Waals surface area (Å²) >= 11 is 0. The standard InChI is InChI=1S/C16H22N4O4/c1-2-24-16(22)13-9-17-15-12(10-18-20(15)5-6-21)14(13)19-11-3-7-23-8-4-11/h9-11,21H,2-8H2,1H3,(H,17,19). The average Bonchev–Trinajstić information content (AvgIpc) is 3.00. The Morgan fingerprint density at radius 2 is 2.25 bits per heavy atom. The second-order valence-electron chi connectivity index (χ2n) is 5.63. The van der Waals surface area contributed by atoms with Gasteiger partial charge >= 0.3 is 5.97 Å². The van der Waals surface area contributed by atoms with Crippen LogP contribution in [0.5, 0.6) is 0 Å². The normalized spacial score (nSPS) is 15.6.